The van der Waals surface area contributed by atoms with E-state index in [1.165, 1.54) is 25.7 Å². The van der Waals surface area contributed by atoms with Crippen molar-refractivity contribution in [2.75, 3.05) is 0 Å². The van der Waals surface area contributed by atoms with Crippen molar-refractivity contribution in [2.45, 2.75) is 52.1 Å². The molecule has 1 aliphatic carbocycles. The van der Waals surface area contributed by atoms with E-state index in [9.17, 15) is 0 Å². The summed E-state index contributed by atoms with van der Waals surface area (Å²) in [6.45, 7) is 5.50. The minimum absolute atomic E-state index is 0.410. The highest BCUT2D eigenvalue weighted by molar-refractivity contribution is 4.92. The summed E-state index contributed by atoms with van der Waals surface area (Å²) < 4.78 is 0. The van der Waals surface area contributed by atoms with Crippen molar-refractivity contribution >= 4 is 0 Å². The highest BCUT2D eigenvalue weighted by atomic mass is 15.0. The smallest absolute Gasteiger partial charge is 0.141 e. The van der Waals surface area contributed by atoms with Crippen molar-refractivity contribution in [1.82, 2.24) is 15.3 Å². The Labute approximate surface area is 97.7 Å². The van der Waals surface area contributed by atoms with Crippen LogP contribution in [0.3, 0.4) is 0 Å². The second kappa shape index (κ2) is 4.91. The maximum atomic E-state index is 4.24. The quantitative estimate of drug-likeness (QED) is 0.849. The van der Waals surface area contributed by atoms with Crippen LogP contribution in [0, 0.1) is 5.41 Å². The number of hydrogen-bond donors (Lipinski definition) is 1. The van der Waals surface area contributed by atoms with Crippen molar-refractivity contribution < 1.29 is 0 Å². The van der Waals surface area contributed by atoms with E-state index in [1.807, 2.05) is 6.07 Å². The Balaban J connectivity index is 1.90. The molecule has 1 fully saturated rings. The Morgan fingerprint density at radius 3 is 2.75 bits per heavy atom. The first-order valence-electron chi connectivity index (χ1n) is 6.18. The van der Waals surface area contributed by atoms with Crippen LogP contribution in [0.1, 0.15) is 45.4 Å². The summed E-state index contributed by atoms with van der Waals surface area (Å²) in [6.07, 6.45) is 8.91. The van der Waals surface area contributed by atoms with Crippen LogP contribution in [0.2, 0.25) is 0 Å². The third-order valence-electron chi connectivity index (χ3n) is 3.63. The molecule has 0 saturated heterocycles. The fraction of sp³-hybridized carbons (Fsp3) is 0.692. The van der Waals surface area contributed by atoms with Gasteiger partial charge in [-0.25, -0.2) is 9.97 Å². The first-order chi connectivity index (χ1) is 7.68. The summed E-state index contributed by atoms with van der Waals surface area (Å²) >= 11 is 0. The number of nitrogens with one attached hydrogen (secondary N) is 1. The van der Waals surface area contributed by atoms with Crippen LogP contribution >= 0.6 is 0 Å². The second-order valence-electron chi connectivity index (χ2n) is 5.33. The van der Waals surface area contributed by atoms with Gasteiger partial charge in [-0.1, -0.05) is 26.7 Å². The van der Waals surface area contributed by atoms with E-state index in [4.69, 9.17) is 0 Å². The molecule has 1 saturated carbocycles. The van der Waals surface area contributed by atoms with Crippen molar-refractivity contribution in [3.8, 4) is 0 Å². The van der Waals surface area contributed by atoms with Gasteiger partial charge < -0.3 is 5.32 Å². The summed E-state index contributed by atoms with van der Waals surface area (Å²) in [5.74, 6) is 0.892. The van der Waals surface area contributed by atoms with Gasteiger partial charge in [0.1, 0.15) is 5.82 Å². The van der Waals surface area contributed by atoms with Crippen molar-refractivity contribution in [3.05, 3.63) is 24.3 Å². The molecule has 3 nitrogen and oxygen atoms in total. The predicted molar refractivity (Wildman–Crippen MR) is 64.9 cm³/mol. The molecule has 16 heavy (non-hydrogen) atoms. The third-order valence-corrected chi connectivity index (χ3v) is 3.63. The van der Waals surface area contributed by atoms with Crippen LogP contribution in [0.5, 0.6) is 0 Å². The normalized spacial score (nSPS) is 24.2. The second-order valence-corrected chi connectivity index (χ2v) is 5.33. The fourth-order valence-electron chi connectivity index (χ4n) is 2.51. The van der Waals surface area contributed by atoms with E-state index < -0.39 is 0 Å². The zero-order valence-corrected chi connectivity index (χ0v) is 10.2. The van der Waals surface area contributed by atoms with E-state index in [-0.39, 0.29) is 0 Å². The van der Waals surface area contributed by atoms with Gasteiger partial charge in [0, 0.05) is 18.4 Å². The van der Waals surface area contributed by atoms with Gasteiger partial charge in [0.25, 0.3) is 0 Å². The summed E-state index contributed by atoms with van der Waals surface area (Å²) in [5, 5.41) is 3.60. The Hall–Kier alpha value is -0.960. The standard InChI is InChI=1S/C13H21N3/c1-13(2)7-4-3-6-11(13)16-10-12-14-8-5-9-15-12/h5,8-9,11,16H,3-4,6-7,10H2,1-2H3. The molecule has 0 radical (unpaired) electrons. The SMILES string of the molecule is CC1(C)CCCCC1NCc1ncccn1. The van der Waals surface area contributed by atoms with Crippen molar-refractivity contribution in [3.63, 3.8) is 0 Å². The molecule has 1 aromatic heterocycles. The van der Waals surface area contributed by atoms with Crippen molar-refractivity contribution in [1.29, 1.82) is 0 Å². The number of aromatic nitrogens is 2. The van der Waals surface area contributed by atoms with E-state index >= 15 is 0 Å². The summed E-state index contributed by atoms with van der Waals surface area (Å²) in [7, 11) is 0. The lowest BCUT2D eigenvalue weighted by Crippen LogP contribution is -2.43. The molecule has 1 unspecified atom stereocenters. The lowest BCUT2D eigenvalue weighted by atomic mass is 9.73. The molecule has 1 N–H and O–H groups in total. The minimum Gasteiger partial charge on any atom is -0.307 e. The average Bonchev–Trinajstić information content (AvgIpc) is 2.28. The lowest BCUT2D eigenvalue weighted by molar-refractivity contribution is 0.166. The molecule has 2 rings (SSSR count). The van der Waals surface area contributed by atoms with Crippen LogP contribution in [-0.4, -0.2) is 16.0 Å². The molecular weight excluding hydrogens is 198 g/mol. The molecule has 0 aliphatic heterocycles. The summed E-state index contributed by atoms with van der Waals surface area (Å²) in [4.78, 5) is 8.47. The van der Waals surface area contributed by atoms with E-state index in [0.29, 0.717) is 11.5 Å². The van der Waals surface area contributed by atoms with Gasteiger partial charge >= 0.3 is 0 Å². The van der Waals surface area contributed by atoms with Crippen LogP contribution < -0.4 is 5.32 Å². The third kappa shape index (κ3) is 2.79. The van der Waals surface area contributed by atoms with Crippen LogP contribution in [0.4, 0.5) is 0 Å². The van der Waals surface area contributed by atoms with Gasteiger partial charge in [-0.3, -0.25) is 0 Å². The molecule has 1 aromatic rings. The molecule has 0 aromatic carbocycles. The average molecular weight is 219 g/mol. The lowest BCUT2D eigenvalue weighted by Gasteiger charge is -2.39. The highest BCUT2D eigenvalue weighted by Crippen LogP contribution is 2.35. The Morgan fingerprint density at radius 1 is 1.31 bits per heavy atom. The number of rotatable bonds is 3. The van der Waals surface area contributed by atoms with E-state index in [0.717, 1.165) is 12.4 Å². The van der Waals surface area contributed by atoms with Gasteiger partial charge in [0.05, 0.1) is 6.54 Å². The predicted octanol–water partition coefficient (Wildman–Crippen LogP) is 2.54. The van der Waals surface area contributed by atoms with Gasteiger partial charge in [0.15, 0.2) is 0 Å². The van der Waals surface area contributed by atoms with Gasteiger partial charge in [0.2, 0.25) is 0 Å². The number of hydrogen-bond acceptors (Lipinski definition) is 3. The first kappa shape index (κ1) is 11.5. The van der Waals surface area contributed by atoms with E-state index in [2.05, 4.69) is 29.1 Å². The van der Waals surface area contributed by atoms with Crippen LogP contribution in [-0.2, 0) is 6.54 Å². The zero-order chi connectivity index (χ0) is 11.4. The molecule has 0 amide bonds. The molecule has 88 valence electrons. The molecule has 0 spiro atoms. The Morgan fingerprint density at radius 2 is 2.06 bits per heavy atom. The minimum atomic E-state index is 0.410. The maximum Gasteiger partial charge on any atom is 0.141 e. The topological polar surface area (TPSA) is 37.8 Å². The van der Waals surface area contributed by atoms with E-state index in [1.54, 1.807) is 12.4 Å². The Kier molecular flexibility index (Phi) is 3.54. The van der Waals surface area contributed by atoms with Gasteiger partial charge in [-0.15, -0.1) is 0 Å². The van der Waals surface area contributed by atoms with Crippen molar-refractivity contribution in [2.24, 2.45) is 5.41 Å². The van der Waals surface area contributed by atoms with Gasteiger partial charge in [-0.2, -0.15) is 0 Å². The molecular formula is C13H21N3. The van der Waals surface area contributed by atoms with Crippen LogP contribution in [0.25, 0.3) is 0 Å². The number of nitrogens with zero attached hydrogens (tertiary/aromatic N) is 2. The maximum absolute atomic E-state index is 4.24. The molecule has 1 atom stereocenters. The molecule has 3 heteroatoms. The molecule has 0 bridgehead atoms. The summed E-state index contributed by atoms with van der Waals surface area (Å²) in [6, 6.07) is 2.46. The first-order valence-corrected chi connectivity index (χ1v) is 6.18. The Bertz CT molecular complexity index is 321. The largest absolute Gasteiger partial charge is 0.307 e. The fourth-order valence-corrected chi connectivity index (χ4v) is 2.51. The summed E-state index contributed by atoms with van der Waals surface area (Å²) in [5.41, 5.74) is 0.410. The molecule has 1 heterocycles. The zero-order valence-electron chi connectivity index (χ0n) is 10.2. The highest BCUT2D eigenvalue weighted by Gasteiger charge is 2.31. The monoisotopic (exact) mass is 219 g/mol. The molecule has 1 aliphatic rings. The van der Waals surface area contributed by atoms with Crippen LogP contribution in [0.15, 0.2) is 18.5 Å². The van der Waals surface area contributed by atoms with Gasteiger partial charge in [-0.05, 0) is 24.3 Å².